The van der Waals surface area contributed by atoms with Crippen LogP contribution in [0.1, 0.15) is 0 Å². The molecule has 0 radical (unpaired) electrons. The molecular formula is C21H19N7O6S3. The van der Waals surface area contributed by atoms with Gasteiger partial charge in [-0.15, -0.1) is 5.10 Å². The Morgan fingerprint density at radius 3 is 2.30 bits per heavy atom. The summed E-state index contributed by atoms with van der Waals surface area (Å²) in [6, 6.07) is 9.34. The predicted octanol–water partition coefficient (Wildman–Crippen LogP) is 1.63. The van der Waals surface area contributed by atoms with Crippen LogP contribution in [-0.2, 0) is 24.9 Å². The monoisotopic (exact) mass is 561 g/mol. The molecule has 4 rings (SSSR count). The van der Waals surface area contributed by atoms with Crippen LogP contribution < -0.4 is 0 Å². The Kier molecular flexibility index (Phi) is 7.43. The summed E-state index contributed by atoms with van der Waals surface area (Å²) in [5, 5.41) is 11.7. The highest BCUT2D eigenvalue weighted by molar-refractivity contribution is 7.99. The molecular weight excluding hydrogens is 542 g/mol. The fourth-order valence-electron chi connectivity index (χ4n) is 3.52. The maximum absolute atomic E-state index is 13.2. The lowest BCUT2D eigenvalue weighted by Crippen LogP contribution is -2.50. The van der Waals surface area contributed by atoms with Crippen molar-refractivity contribution >= 4 is 43.5 Å². The molecule has 0 atom stereocenters. The van der Waals surface area contributed by atoms with Gasteiger partial charge in [0.2, 0.25) is 26.8 Å². The van der Waals surface area contributed by atoms with Crippen molar-refractivity contribution in [1.29, 1.82) is 0 Å². The third-order valence-corrected chi connectivity index (χ3v) is 9.20. The average Bonchev–Trinajstić information content (AvgIpc) is 3.36. The zero-order valence-electron chi connectivity index (χ0n) is 19.0. The van der Waals surface area contributed by atoms with Crippen LogP contribution in [0.2, 0.25) is 0 Å². The lowest BCUT2D eigenvalue weighted by atomic mass is 10.3. The van der Waals surface area contributed by atoms with E-state index in [2.05, 4.69) is 26.9 Å². The first-order valence-corrected chi connectivity index (χ1v) is 14.2. The highest BCUT2D eigenvalue weighted by Crippen LogP contribution is 2.37. The minimum absolute atomic E-state index is 0.0493. The summed E-state index contributed by atoms with van der Waals surface area (Å²) in [5.74, 6) is -0.259. The van der Waals surface area contributed by atoms with E-state index in [9.17, 15) is 21.6 Å². The van der Waals surface area contributed by atoms with Gasteiger partial charge in [-0.2, -0.15) is 17.4 Å². The molecule has 16 heteroatoms. The van der Waals surface area contributed by atoms with Gasteiger partial charge < -0.3 is 4.90 Å². The summed E-state index contributed by atoms with van der Waals surface area (Å²) in [4.78, 5) is 16.8. The SMILES string of the molecule is [C-]#[N+]c1cc(S(=O)(=O)N2CCN(C(=O)C=C)CC2)ccc1Sc1nnnn1-c1ccc(S(=O)(=O)O)cc1. The van der Waals surface area contributed by atoms with Crippen LogP contribution in [0.4, 0.5) is 5.69 Å². The molecule has 2 aromatic carbocycles. The standard InChI is InChI=1S/C21H19N7O6S3/c1-3-20(29)26-10-12-27(13-11-26)36(30,31)17-8-9-19(18(14-17)22-2)35-21-23-24-25-28(21)15-4-6-16(7-5-15)37(32,33)34/h3-9,14H,1,10-13H2,(H,32,33,34). The number of tetrazole rings is 1. The number of sulfonamides is 1. The summed E-state index contributed by atoms with van der Waals surface area (Å²) in [5.41, 5.74) is 0.473. The summed E-state index contributed by atoms with van der Waals surface area (Å²) in [6.45, 7) is 11.7. The van der Waals surface area contributed by atoms with Crippen molar-refractivity contribution in [2.75, 3.05) is 26.2 Å². The van der Waals surface area contributed by atoms with Gasteiger partial charge in [0.1, 0.15) is 0 Å². The van der Waals surface area contributed by atoms with E-state index in [0.29, 0.717) is 10.6 Å². The summed E-state index contributed by atoms with van der Waals surface area (Å²) >= 11 is 1.02. The maximum atomic E-state index is 13.2. The third-order valence-electron chi connectivity index (χ3n) is 5.43. The second-order valence-corrected chi connectivity index (χ2v) is 12.0. The van der Waals surface area contributed by atoms with Crippen molar-refractivity contribution < 1.29 is 26.2 Å². The van der Waals surface area contributed by atoms with Crippen LogP contribution in [0.3, 0.4) is 0 Å². The fourth-order valence-corrected chi connectivity index (χ4v) is 6.29. The molecule has 0 unspecified atom stereocenters. The molecule has 1 aromatic heterocycles. The molecule has 3 aromatic rings. The van der Waals surface area contributed by atoms with Crippen molar-refractivity contribution in [3.05, 3.63) is 66.5 Å². The highest BCUT2D eigenvalue weighted by Gasteiger charge is 2.30. The van der Waals surface area contributed by atoms with E-state index in [4.69, 9.17) is 11.1 Å². The summed E-state index contributed by atoms with van der Waals surface area (Å²) < 4.78 is 60.6. The summed E-state index contributed by atoms with van der Waals surface area (Å²) in [7, 11) is -8.26. The minimum atomic E-state index is -4.36. The first kappa shape index (κ1) is 26.4. The number of hydrogen-bond acceptors (Lipinski definition) is 9. The van der Waals surface area contributed by atoms with Gasteiger partial charge >= 0.3 is 0 Å². The van der Waals surface area contributed by atoms with E-state index in [1.165, 1.54) is 62.4 Å². The molecule has 37 heavy (non-hydrogen) atoms. The Bertz CT molecular complexity index is 1600. The van der Waals surface area contributed by atoms with E-state index in [-0.39, 0.29) is 52.7 Å². The molecule has 13 nitrogen and oxygen atoms in total. The zero-order valence-corrected chi connectivity index (χ0v) is 21.4. The molecule has 0 bridgehead atoms. The third kappa shape index (κ3) is 5.55. The molecule has 192 valence electrons. The second-order valence-electron chi connectivity index (χ2n) is 7.62. The highest BCUT2D eigenvalue weighted by atomic mass is 32.2. The van der Waals surface area contributed by atoms with E-state index in [1.54, 1.807) is 0 Å². The molecule has 0 spiro atoms. The van der Waals surface area contributed by atoms with Gasteiger partial charge in [-0.1, -0.05) is 24.4 Å². The Morgan fingerprint density at radius 2 is 1.70 bits per heavy atom. The molecule has 1 N–H and O–H groups in total. The van der Waals surface area contributed by atoms with Gasteiger partial charge in [0.25, 0.3) is 10.1 Å². The quantitative estimate of drug-likeness (QED) is 0.255. The first-order valence-electron chi connectivity index (χ1n) is 10.5. The average molecular weight is 562 g/mol. The Labute approximate surface area is 217 Å². The van der Waals surface area contributed by atoms with Gasteiger partial charge in [0.05, 0.1) is 22.1 Å². The van der Waals surface area contributed by atoms with E-state index in [0.717, 1.165) is 11.8 Å². The number of amides is 1. The largest absolute Gasteiger partial charge is 0.337 e. The van der Waals surface area contributed by atoms with E-state index < -0.39 is 20.1 Å². The Morgan fingerprint density at radius 1 is 1.05 bits per heavy atom. The lowest BCUT2D eigenvalue weighted by molar-refractivity contribution is -0.127. The molecule has 2 heterocycles. The van der Waals surface area contributed by atoms with Crippen LogP contribution in [0.25, 0.3) is 10.5 Å². The van der Waals surface area contributed by atoms with Crippen molar-refractivity contribution in [3.63, 3.8) is 0 Å². The molecule has 1 fully saturated rings. The smallest absolute Gasteiger partial charge is 0.294 e. The molecule has 1 amide bonds. The number of piperazine rings is 1. The number of aromatic nitrogens is 4. The Balaban J connectivity index is 1.56. The van der Waals surface area contributed by atoms with Gasteiger partial charge in [0, 0.05) is 31.1 Å². The number of nitrogens with zero attached hydrogens (tertiary/aromatic N) is 7. The molecule has 0 aliphatic carbocycles. The molecule has 0 saturated carbocycles. The van der Waals surface area contributed by atoms with Crippen LogP contribution in [0.5, 0.6) is 0 Å². The van der Waals surface area contributed by atoms with E-state index in [1.807, 2.05) is 0 Å². The van der Waals surface area contributed by atoms with Gasteiger partial charge in [-0.05, 0) is 52.9 Å². The van der Waals surface area contributed by atoms with Crippen LogP contribution in [0, 0.1) is 6.57 Å². The van der Waals surface area contributed by atoms with Gasteiger partial charge in [0.15, 0.2) is 0 Å². The maximum Gasteiger partial charge on any atom is 0.294 e. The topological polar surface area (TPSA) is 160 Å². The van der Waals surface area contributed by atoms with Crippen LogP contribution >= 0.6 is 11.8 Å². The first-order chi connectivity index (χ1) is 17.5. The normalized spacial score (nSPS) is 14.8. The van der Waals surface area contributed by atoms with Gasteiger partial charge in [-0.25, -0.2) is 13.3 Å². The van der Waals surface area contributed by atoms with Crippen molar-refractivity contribution in [1.82, 2.24) is 29.4 Å². The number of carbonyl (C=O) groups excluding carboxylic acids is 1. The van der Waals surface area contributed by atoms with Gasteiger partial charge in [-0.3, -0.25) is 9.35 Å². The van der Waals surface area contributed by atoms with Crippen LogP contribution in [-0.4, -0.2) is 82.9 Å². The lowest BCUT2D eigenvalue weighted by Gasteiger charge is -2.33. The van der Waals surface area contributed by atoms with Crippen molar-refractivity contribution in [3.8, 4) is 5.69 Å². The molecule has 1 saturated heterocycles. The zero-order chi connectivity index (χ0) is 26.8. The van der Waals surface area contributed by atoms with E-state index >= 15 is 0 Å². The van der Waals surface area contributed by atoms with Crippen LogP contribution in [0.15, 0.2) is 75.0 Å². The second kappa shape index (κ2) is 10.4. The number of benzene rings is 2. The van der Waals surface area contributed by atoms with Crippen molar-refractivity contribution in [2.45, 2.75) is 19.8 Å². The number of rotatable bonds is 7. The Hall–Kier alpha value is -3.62. The summed E-state index contributed by atoms with van der Waals surface area (Å²) in [6.07, 6.45) is 1.19. The predicted molar refractivity (Wildman–Crippen MR) is 131 cm³/mol. The minimum Gasteiger partial charge on any atom is -0.337 e. The van der Waals surface area contributed by atoms with Crippen molar-refractivity contribution in [2.24, 2.45) is 0 Å². The number of hydrogen-bond donors (Lipinski definition) is 1. The molecule has 1 aliphatic heterocycles. The fraction of sp³-hybridized carbons (Fsp3) is 0.190. The molecule has 1 aliphatic rings. The number of carbonyl (C=O) groups is 1.